The second kappa shape index (κ2) is 8.55. The number of fused-ring (bicyclic) bond motifs is 1. The highest BCUT2D eigenvalue weighted by Crippen LogP contribution is 2.30. The van der Waals surface area contributed by atoms with E-state index in [1.54, 1.807) is 13.1 Å². The number of hydrogen-bond acceptors (Lipinski definition) is 6. The number of pyridine rings is 1. The third-order valence-electron chi connectivity index (χ3n) is 5.67. The Morgan fingerprint density at radius 1 is 1.00 bits per heavy atom. The van der Waals surface area contributed by atoms with Gasteiger partial charge >= 0.3 is 0 Å². The van der Waals surface area contributed by atoms with Gasteiger partial charge in [-0.3, -0.25) is 4.79 Å². The van der Waals surface area contributed by atoms with Gasteiger partial charge in [0.2, 0.25) is 11.7 Å². The smallest absolute Gasteiger partial charge is 0.256 e. The van der Waals surface area contributed by atoms with Gasteiger partial charge in [-0.15, -0.1) is 0 Å². The van der Waals surface area contributed by atoms with Crippen LogP contribution in [0.25, 0.3) is 33.7 Å². The fraction of sp³-hybridized carbons (Fsp3) is 0.192. The van der Waals surface area contributed by atoms with Crippen LogP contribution in [0.4, 0.5) is 5.69 Å². The van der Waals surface area contributed by atoms with E-state index in [4.69, 9.17) is 9.51 Å². The van der Waals surface area contributed by atoms with Crippen LogP contribution in [0.3, 0.4) is 0 Å². The number of anilines is 1. The minimum Gasteiger partial charge on any atom is -0.339 e. The van der Waals surface area contributed by atoms with Crippen molar-refractivity contribution < 1.29 is 9.32 Å². The molecule has 3 heterocycles. The van der Waals surface area contributed by atoms with Crippen LogP contribution in [0.15, 0.2) is 65.3 Å². The van der Waals surface area contributed by atoms with Gasteiger partial charge in [0.1, 0.15) is 0 Å². The first kappa shape index (κ1) is 21.5. The molecular weight excluding hydrogens is 428 g/mol. The number of nitrogens with one attached hydrogen (secondary N) is 1. The van der Waals surface area contributed by atoms with Crippen molar-refractivity contribution >= 4 is 22.6 Å². The quantitative estimate of drug-likeness (QED) is 0.373. The third kappa shape index (κ3) is 3.83. The zero-order chi connectivity index (χ0) is 23.8. The first-order valence-electron chi connectivity index (χ1n) is 11.1. The molecule has 5 aromatic rings. The van der Waals surface area contributed by atoms with Gasteiger partial charge in [-0.1, -0.05) is 41.6 Å². The number of carbonyl (C=O) groups excluding carboxylic acids is 1. The maximum Gasteiger partial charge on any atom is 0.256 e. The number of para-hydroxylation sites is 1. The number of aromatic nitrogens is 5. The molecule has 5 rings (SSSR count). The Kier molecular flexibility index (Phi) is 5.41. The van der Waals surface area contributed by atoms with Crippen LogP contribution in [-0.2, 0) is 0 Å². The predicted molar refractivity (Wildman–Crippen MR) is 131 cm³/mol. The molecule has 1 N–H and O–H groups in total. The van der Waals surface area contributed by atoms with E-state index in [9.17, 15) is 4.79 Å². The zero-order valence-corrected chi connectivity index (χ0v) is 19.4. The Balaban J connectivity index is 1.63. The van der Waals surface area contributed by atoms with Crippen molar-refractivity contribution in [2.45, 2.75) is 33.7 Å². The molecule has 0 fully saturated rings. The Morgan fingerprint density at radius 3 is 2.44 bits per heavy atom. The second-order valence-corrected chi connectivity index (χ2v) is 8.43. The molecule has 0 unspecified atom stereocenters. The molecule has 34 heavy (non-hydrogen) atoms. The van der Waals surface area contributed by atoms with E-state index in [0.717, 1.165) is 16.8 Å². The lowest BCUT2D eigenvalue weighted by atomic mass is 10.0. The number of aryl methyl sites for hydroxylation is 2. The molecule has 0 spiro atoms. The summed E-state index contributed by atoms with van der Waals surface area (Å²) in [6, 6.07) is 17.3. The van der Waals surface area contributed by atoms with Gasteiger partial charge in [0.05, 0.1) is 28.5 Å². The lowest BCUT2D eigenvalue weighted by Crippen LogP contribution is -2.14. The summed E-state index contributed by atoms with van der Waals surface area (Å²) in [6.45, 7) is 7.84. The van der Waals surface area contributed by atoms with Gasteiger partial charge in [-0.2, -0.15) is 10.1 Å². The molecule has 0 aliphatic rings. The predicted octanol–water partition coefficient (Wildman–Crippen LogP) is 5.60. The second-order valence-electron chi connectivity index (χ2n) is 8.43. The average Bonchev–Trinajstić information content (AvgIpc) is 3.45. The first-order chi connectivity index (χ1) is 16.4. The van der Waals surface area contributed by atoms with Gasteiger partial charge in [0.25, 0.3) is 5.91 Å². The topological polar surface area (TPSA) is 98.7 Å². The summed E-state index contributed by atoms with van der Waals surface area (Å²) < 4.78 is 6.97. The highest BCUT2D eigenvalue weighted by molar-refractivity contribution is 6.13. The lowest BCUT2D eigenvalue weighted by Gasteiger charge is -2.13. The van der Waals surface area contributed by atoms with Gasteiger partial charge in [-0.25, -0.2) is 9.67 Å². The lowest BCUT2D eigenvalue weighted by molar-refractivity contribution is 0.102. The van der Waals surface area contributed by atoms with Crippen LogP contribution in [0.2, 0.25) is 0 Å². The summed E-state index contributed by atoms with van der Waals surface area (Å²) in [4.78, 5) is 22.8. The summed E-state index contributed by atoms with van der Waals surface area (Å²) >= 11 is 0. The SMILES string of the molecule is Cc1nc(-c2ccccc2NC(=O)c2cc(-c3ccccc3C)nc3c2cnn3C(C)C)no1. The minimum atomic E-state index is -0.266. The van der Waals surface area contributed by atoms with Gasteiger partial charge < -0.3 is 9.84 Å². The Bertz CT molecular complexity index is 1520. The van der Waals surface area contributed by atoms with Crippen LogP contribution in [0.5, 0.6) is 0 Å². The van der Waals surface area contributed by atoms with Crippen molar-refractivity contribution in [2.75, 3.05) is 5.32 Å². The fourth-order valence-corrected chi connectivity index (χ4v) is 3.97. The number of benzene rings is 2. The van der Waals surface area contributed by atoms with Gasteiger partial charge in [0.15, 0.2) is 5.65 Å². The number of amides is 1. The third-order valence-corrected chi connectivity index (χ3v) is 5.67. The molecule has 2 aromatic carbocycles. The molecule has 0 aliphatic heterocycles. The maximum absolute atomic E-state index is 13.6. The van der Waals surface area contributed by atoms with Crippen LogP contribution in [0, 0.1) is 13.8 Å². The monoisotopic (exact) mass is 452 g/mol. The molecule has 0 atom stereocenters. The number of nitrogens with zero attached hydrogens (tertiary/aromatic N) is 5. The largest absolute Gasteiger partial charge is 0.339 e. The van der Waals surface area contributed by atoms with Crippen LogP contribution in [0.1, 0.15) is 41.7 Å². The fourth-order valence-electron chi connectivity index (χ4n) is 3.97. The summed E-state index contributed by atoms with van der Waals surface area (Å²) in [5, 5.41) is 12.2. The summed E-state index contributed by atoms with van der Waals surface area (Å²) in [5.74, 6) is 0.607. The van der Waals surface area contributed by atoms with E-state index in [1.165, 1.54) is 0 Å². The normalized spacial score (nSPS) is 11.3. The van der Waals surface area contributed by atoms with E-state index in [0.29, 0.717) is 39.6 Å². The van der Waals surface area contributed by atoms with E-state index < -0.39 is 0 Å². The van der Waals surface area contributed by atoms with Crippen LogP contribution in [-0.4, -0.2) is 30.8 Å². The molecule has 0 radical (unpaired) electrons. The highest BCUT2D eigenvalue weighted by atomic mass is 16.5. The summed E-state index contributed by atoms with van der Waals surface area (Å²) in [7, 11) is 0. The van der Waals surface area contributed by atoms with Crippen molar-refractivity contribution in [2.24, 2.45) is 0 Å². The highest BCUT2D eigenvalue weighted by Gasteiger charge is 2.21. The summed E-state index contributed by atoms with van der Waals surface area (Å²) in [5.41, 5.74) is 5.20. The molecule has 0 saturated heterocycles. The molecule has 170 valence electrons. The van der Waals surface area contributed by atoms with Gasteiger partial charge in [0, 0.05) is 24.1 Å². The van der Waals surface area contributed by atoms with Gasteiger partial charge in [-0.05, 0) is 44.5 Å². The Morgan fingerprint density at radius 2 is 1.74 bits per heavy atom. The van der Waals surface area contributed by atoms with Crippen molar-refractivity contribution in [3.63, 3.8) is 0 Å². The van der Waals surface area contributed by atoms with Crippen molar-refractivity contribution in [1.82, 2.24) is 24.9 Å². The molecule has 8 nitrogen and oxygen atoms in total. The van der Waals surface area contributed by atoms with Crippen molar-refractivity contribution in [3.05, 3.63) is 77.8 Å². The van der Waals surface area contributed by atoms with E-state index in [1.807, 2.05) is 80.1 Å². The van der Waals surface area contributed by atoms with Crippen LogP contribution >= 0.6 is 0 Å². The Labute approximate surface area is 196 Å². The first-order valence-corrected chi connectivity index (χ1v) is 11.1. The number of carbonyl (C=O) groups is 1. The zero-order valence-electron chi connectivity index (χ0n) is 19.4. The molecule has 0 bridgehead atoms. The molecule has 8 heteroatoms. The van der Waals surface area contributed by atoms with E-state index in [-0.39, 0.29) is 11.9 Å². The maximum atomic E-state index is 13.6. The Hall–Kier alpha value is -4.33. The molecule has 3 aromatic heterocycles. The number of hydrogen-bond donors (Lipinski definition) is 1. The number of rotatable bonds is 5. The molecule has 1 amide bonds. The summed E-state index contributed by atoms with van der Waals surface area (Å²) in [6.07, 6.45) is 1.70. The standard InChI is InChI=1S/C26H24N6O2/c1-15(2)32-25-21(14-27-32)20(13-23(29-25)18-10-6-5-9-16(18)3)26(33)30-22-12-8-7-11-19(22)24-28-17(4)34-31-24/h5-15H,1-4H3,(H,30,33). The molecule has 0 aliphatic carbocycles. The van der Waals surface area contributed by atoms with E-state index in [2.05, 4.69) is 20.6 Å². The molecule has 0 saturated carbocycles. The van der Waals surface area contributed by atoms with E-state index >= 15 is 0 Å². The van der Waals surface area contributed by atoms with Crippen LogP contribution < -0.4 is 5.32 Å². The van der Waals surface area contributed by atoms with Crippen molar-refractivity contribution in [3.8, 4) is 22.6 Å². The minimum absolute atomic E-state index is 0.0928. The van der Waals surface area contributed by atoms with Crippen molar-refractivity contribution in [1.29, 1.82) is 0 Å². The molecular formula is C26H24N6O2. The average molecular weight is 453 g/mol.